The van der Waals surface area contributed by atoms with Crippen molar-refractivity contribution in [2.24, 2.45) is 5.92 Å². The average Bonchev–Trinajstić information content (AvgIpc) is 2.71. The Balaban J connectivity index is 1.79. The molecule has 0 aliphatic carbocycles. The number of aromatic amines is 1. The molecule has 17 heavy (non-hydrogen) atoms. The van der Waals surface area contributed by atoms with Crippen LogP contribution in [0.2, 0.25) is 0 Å². The lowest BCUT2D eigenvalue weighted by Crippen LogP contribution is -2.30. The maximum absolute atomic E-state index is 11.4. The predicted molar refractivity (Wildman–Crippen MR) is 69.5 cm³/mol. The first-order valence-corrected chi connectivity index (χ1v) is 7.28. The third kappa shape index (κ3) is 3.35. The Morgan fingerprint density at radius 3 is 3.18 bits per heavy atom. The summed E-state index contributed by atoms with van der Waals surface area (Å²) in [4.78, 5) is 11.4. The first kappa shape index (κ1) is 12.7. The largest absolute Gasteiger partial charge is 0.343 e. The minimum atomic E-state index is -0.102. The SMILES string of the molecule is CCn1c(SCCC2CCCNC2)n[nH]c1=O. The van der Waals surface area contributed by atoms with Gasteiger partial charge >= 0.3 is 5.69 Å². The molecule has 1 atom stereocenters. The molecule has 1 aliphatic heterocycles. The molecule has 1 fully saturated rings. The number of nitrogens with one attached hydrogen (secondary N) is 2. The first-order valence-electron chi connectivity index (χ1n) is 6.30. The van der Waals surface area contributed by atoms with Crippen LogP contribution in [0.15, 0.2) is 9.95 Å². The number of hydrogen-bond donors (Lipinski definition) is 2. The van der Waals surface area contributed by atoms with E-state index in [1.807, 2.05) is 6.92 Å². The summed E-state index contributed by atoms with van der Waals surface area (Å²) >= 11 is 1.68. The van der Waals surface area contributed by atoms with Gasteiger partial charge in [0.05, 0.1) is 0 Å². The van der Waals surface area contributed by atoms with Crippen LogP contribution >= 0.6 is 11.8 Å². The molecule has 6 heteroatoms. The molecule has 0 aromatic carbocycles. The van der Waals surface area contributed by atoms with Gasteiger partial charge in [0.1, 0.15) is 0 Å². The molecule has 5 nitrogen and oxygen atoms in total. The zero-order chi connectivity index (χ0) is 12.1. The minimum absolute atomic E-state index is 0.102. The van der Waals surface area contributed by atoms with Crippen LogP contribution in [0.3, 0.4) is 0 Å². The fraction of sp³-hybridized carbons (Fsp3) is 0.818. The summed E-state index contributed by atoms with van der Waals surface area (Å²) in [6.45, 7) is 4.95. The van der Waals surface area contributed by atoms with Crippen LogP contribution in [0.5, 0.6) is 0 Å². The van der Waals surface area contributed by atoms with Crippen molar-refractivity contribution < 1.29 is 0 Å². The molecule has 1 saturated heterocycles. The monoisotopic (exact) mass is 256 g/mol. The van der Waals surface area contributed by atoms with Crippen molar-refractivity contribution in [2.75, 3.05) is 18.8 Å². The lowest BCUT2D eigenvalue weighted by Gasteiger charge is -2.22. The molecule has 2 heterocycles. The zero-order valence-electron chi connectivity index (χ0n) is 10.2. The van der Waals surface area contributed by atoms with Crippen molar-refractivity contribution in [3.63, 3.8) is 0 Å². The van der Waals surface area contributed by atoms with Crippen LogP contribution in [0.1, 0.15) is 26.2 Å². The average molecular weight is 256 g/mol. The van der Waals surface area contributed by atoms with Gasteiger partial charge in [-0.3, -0.25) is 4.57 Å². The molecule has 0 amide bonds. The van der Waals surface area contributed by atoms with Gasteiger partial charge in [0, 0.05) is 12.3 Å². The fourth-order valence-electron chi connectivity index (χ4n) is 2.18. The molecule has 1 aliphatic rings. The summed E-state index contributed by atoms with van der Waals surface area (Å²) in [7, 11) is 0. The Kier molecular flexibility index (Phi) is 4.67. The highest BCUT2D eigenvalue weighted by atomic mass is 32.2. The summed E-state index contributed by atoms with van der Waals surface area (Å²) in [5, 5.41) is 10.8. The van der Waals surface area contributed by atoms with E-state index in [0.29, 0.717) is 6.54 Å². The fourth-order valence-corrected chi connectivity index (χ4v) is 3.29. The van der Waals surface area contributed by atoms with Crippen molar-refractivity contribution >= 4 is 11.8 Å². The van der Waals surface area contributed by atoms with E-state index in [0.717, 1.165) is 23.4 Å². The molecule has 96 valence electrons. The van der Waals surface area contributed by atoms with E-state index in [-0.39, 0.29) is 5.69 Å². The lowest BCUT2D eigenvalue weighted by molar-refractivity contribution is 0.371. The number of nitrogens with zero attached hydrogens (tertiary/aromatic N) is 2. The highest BCUT2D eigenvalue weighted by molar-refractivity contribution is 7.99. The van der Waals surface area contributed by atoms with Crippen molar-refractivity contribution in [3.05, 3.63) is 10.5 Å². The number of H-pyrrole nitrogens is 1. The molecule has 2 rings (SSSR count). The van der Waals surface area contributed by atoms with Crippen molar-refractivity contribution in [1.82, 2.24) is 20.1 Å². The second-order valence-corrected chi connectivity index (χ2v) is 5.47. The zero-order valence-corrected chi connectivity index (χ0v) is 11.1. The molecular weight excluding hydrogens is 236 g/mol. The second-order valence-electron chi connectivity index (χ2n) is 4.41. The smallest absolute Gasteiger partial charge is 0.316 e. The van der Waals surface area contributed by atoms with Crippen LogP contribution in [-0.4, -0.2) is 33.6 Å². The summed E-state index contributed by atoms with van der Waals surface area (Å²) in [6.07, 6.45) is 3.81. The Morgan fingerprint density at radius 1 is 1.59 bits per heavy atom. The van der Waals surface area contributed by atoms with Gasteiger partial charge in [-0.1, -0.05) is 11.8 Å². The van der Waals surface area contributed by atoms with E-state index < -0.39 is 0 Å². The molecule has 0 bridgehead atoms. The normalized spacial score (nSPS) is 20.6. The topological polar surface area (TPSA) is 62.7 Å². The maximum Gasteiger partial charge on any atom is 0.343 e. The summed E-state index contributed by atoms with van der Waals surface area (Å²) in [6, 6.07) is 0. The third-order valence-corrected chi connectivity index (χ3v) is 4.21. The third-order valence-electron chi connectivity index (χ3n) is 3.20. The van der Waals surface area contributed by atoms with Gasteiger partial charge in [-0.25, -0.2) is 9.89 Å². The van der Waals surface area contributed by atoms with E-state index in [9.17, 15) is 4.79 Å². The number of hydrogen-bond acceptors (Lipinski definition) is 4. The summed E-state index contributed by atoms with van der Waals surface area (Å²) < 4.78 is 1.68. The maximum atomic E-state index is 11.4. The van der Waals surface area contributed by atoms with E-state index in [2.05, 4.69) is 15.5 Å². The quantitative estimate of drug-likeness (QED) is 0.774. The first-order chi connectivity index (χ1) is 8.31. The van der Waals surface area contributed by atoms with Gasteiger partial charge in [-0.15, -0.1) is 5.10 Å². The molecule has 0 radical (unpaired) electrons. The van der Waals surface area contributed by atoms with E-state index in [1.54, 1.807) is 16.3 Å². The second kappa shape index (κ2) is 6.26. The van der Waals surface area contributed by atoms with Gasteiger partial charge in [0.15, 0.2) is 5.16 Å². The van der Waals surface area contributed by atoms with E-state index in [4.69, 9.17) is 0 Å². The molecule has 0 spiro atoms. The molecular formula is C11H20N4OS. The van der Waals surface area contributed by atoms with Gasteiger partial charge < -0.3 is 5.32 Å². The number of aromatic nitrogens is 3. The van der Waals surface area contributed by atoms with Crippen LogP contribution in [0.25, 0.3) is 0 Å². The highest BCUT2D eigenvalue weighted by Gasteiger charge is 2.13. The van der Waals surface area contributed by atoms with E-state index in [1.165, 1.54) is 25.8 Å². The van der Waals surface area contributed by atoms with Crippen molar-refractivity contribution in [2.45, 2.75) is 37.9 Å². The minimum Gasteiger partial charge on any atom is -0.316 e. The molecule has 1 unspecified atom stereocenters. The van der Waals surface area contributed by atoms with Gasteiger partial charge in [-0.05, 0) is 45.2 Å². The summed E-state index contributed by atoms with van der Waals surface area (Å²) in [5.74, 6) is 1.83. The van der Waals surface area contributed by atoms with Crippen LogP contribution in [-0.2, 0) is 6.54 Å². The number of piperidine rings is 1. The van der Waals surface area contributed by atoms with Crippen LogP contribution in [0.4, 0.5) is 0 Å². The number of thioether (sulfide) groups is 1. The van der Waals surface area contributed by atoms with Crippen molar-refractivity contribution in [1.29, 1.82) is 0 Å². The van der Waals surface area contributed by atoms with E-state index >= 15 is 0 Å². The predicted octanol–water partition coefficient (Wildman–Crippen LogP) is 1.07. The Labute approximate surface area is 105 Å². The Morgan fingerprint density at radius 2 is 2.47 bits per heavy atom. The van der Waals surface area contributed by atoms with Crippen LogP contribution < -0.4 is 11.0 Å². The van der Waals surface area contributed by atoms with Gasteiger partial charge in [0.2, 0.25) is 0 Å². The molecule has 1 aromatic rings. The Bertz CT molecular complexity index is 394. The van der Waals surface area contributed by atoms with Crippen molar-refractivity contribution in [3.8, 4) is 0 Å². The lowest BCUT2D eigenvalue weighted by atomic mass is 9.97. The summed E-state index contributed by atoms with van der Waals surface area (Å²) in [5.41, 5.74) is -0.102. The molecule has 1 aromatic heterocycles. The van der Waals surface area contributed by atoms with Gasteiger partial charge in [0.25, 0.3) is 0 Å². The van der Waals surface area contributed by atoms with Gasteiger partial charge in [-0.2, -0.15) is 0 Å². The van der Waals surface area contributed by atoms with Crippen LogP contribution in [0, 0.1) is 5.92 Å². The highest BCUT2D eigenvalue weighted by Crippen LogP contribution is 2.20. The molecule has 0 saturated carbocycles. The standard InChI is InChI=1S/C11H20N4OS/c1-2-15-10(16)13-14-11(15)17-7-5-9-4-3-6-12-8-9/h9,12H,2-8H2,1H3,(H,13,16). The Hall–Kier alpha value is -0.750. The molecule has 2 N–H and O–H groups in total. The number of rotatable bonds is 5.